The van der Waals surface area contributed by atoms with Crippen LogP contribution < -0.4 is 0 Å². The van der Waals surface area contributed by atoms with E-state index in [4.69, 9.17) is 0 Å². The van der Waals surface area contributed by atoms with Crippen molar-refractivity contribution in [3.05, 3.63) is 6.54 Å². The number of likely N-dealkylation sites (N-methyl/N-ethyl adjacent to an activating group) is 1. The standard InChI is InChI=1S/C10H23NO2/c1-5-10(8-12,9-13)11(4,6-2)7-3/h6,12-13H,5,7-9H2,1-4H3. The maximum Gasteiger partial charge on any atom is 0.122 e. The van der Waals surface area contributed by atoms with Crippen LogP contribution in [0.3, 0.4) is 0 Å². The third-order valence-electron chi connectivity index (χ3n) is 3.56. The summed E-state index contributed by atoms with van der Waals surface area (Å²) < 4.78 is 0.608. The molecule has 0 aliphatic carbocycles. The SMILES string of the molecule is C[CH-][N+](C)(CC)C(CC)(CO)CO. The lowest BCUT2D eigenvalue weighted by Gasteiger charge is -2.55. The molecular weight excluding hydrogens is 166 g/mol. The molecule has 2 N–H and O–H groups in total. The fourth-order valence-corrected chi connectivity index (χ4v) is 1.75. The summed E-state index contributed by atoms with van der Waals surface area (Å²) in [6.07, 6.45) is 0.772. The topological polar surface area (TPSA) is 40.5 Å². The van der Waals surface area contributed by atoms with E-state index < -0.39 is 5.54 Å². The Hall–Kier alpha value is -0.120. The van der Waals surface area contributed by atoms with Crippen LogP contribution >= 0.6 is 0 Å². The van der Waals surface area contributed by atoms with Gasteiger partial charge in [0.25, 0.3) is 0 Å². The van der Waals surface area contributed by atoms with E-state index >= 15 is 0 Å². The lowest BCUT2D eigenvalue weighted by Crippen LogP contribution is -2.63. The van der Waals surface area contributed by atoms with Gasteiger partial charge in [-0.2, -0.15) is 0 Å². The summed E-state index contributed by atoms with van der Waals surface area (Å²) in [6, 6.07) is 0. The summed E-state index contributed by atoms with van der Waals surface area (Å²) in [5.74, 6) is 0. The second-order valence-corrected chi connectivity index (χ2v) is 3.74. The second-order valence-electron chi connectivity index (χ2n) is 3.74. The molecule has 0 amide bonds. The molecule has 0 fully saturated rings. The highest BCUT2D eigenvalue weighted by Crippen LogP contribution is 2.27. The van der Waals surface area contributed by atoms with Crippen molar-refractivity contribution in [3.8, 4) is 0 Å². The quantitative estimate of drug-likeness (QED) is 0.478. The van der Waals surface area contributed by atoms with Gasteiger partial charge < -0.3 is 14.7 Å². The molecule has 0 rings (SSSR count). The van der Waals surface area contributed by atoms with E-state index in [9.17, 15) is 10.2 Å². The molecule has 1 atom stereocenters. The van der Waals surface area contributed by atoms with Crippen molar-refractivity contribution in [1.29, 1.82) is 0 Å². The molecule has 0 saturated heterocycles. The molecule has 0 radical (unpaired) electrons. The number of hydrogen-bond acceptors (Lipinski definition) is 2. The molecule has 0 aliphatic heterocycles. The van der Waals surface area contributed by atoms with Gasteiger partial charge in [-0.25, -0.2) is 0 Å². The maximum atomic E-state index is 9.38. The monoisotopic (exact) mass is 189 g/mol. The van der Waals surface area contributed by atoms with E-state index in [0.29, 0.717) is 4.48 Å². The average molecular weight is 189 g/mol. The Balaban J connectivity index is 4.87. The van der Waals surface area contributed by atoms with E-state index in [1.807, 2.05) is 27.4 Å². The van der Waals surface area contributed by atoms with Gasteiger partial charge in [-0.1, -0.05) is 6.92 Å². The van der Waals surface area contributed by atoms with Gasteiger partial charge in [0, 0.05) is 13.5 Å². The molecule has 3 heteroatoms. The number of aliphatic hydroxyl groups excluding tert-OH is 2. The lowest BCUT2D eigenvalue weighted by atomic mass is 9.93. The van der Waals surface area contributed by atoms with Crippen molar-refractivity contribution in [1.82, 2.24) is 0 Å². The van der Waals surface area contributed by atoms with Gasteiger partial charge in [0.1, 0.15) is 5.54 Å². The van der Waals surface area contributed by atoms with Crippen LogP contribution in [-0.4, -0.2) is 47.0 Å². The first-order valence-corrected chi connectivity index (χ1v) is 4.93. The predicted octanol–water partition coefficient (Wildman–Crippen LogP) is 0.768. The molecule has 0 heterocycles. The van der Waals surface area contributed by atoms with Crippen LogP contribution in [0.5, 0.6) is 0 Å². The summed E-state index contributed by atoms with van der Waals surface area (Å²) in [5, 5.41) is 18.8. The van der Waals surface area contributed by atoms with Crippen LogP contribution in [0, 0.1) is 6.54 Å². The van der Waals surface area contributed by atoms with Gasteiger partial charge in [-0.05, 0) is 6.92 Å². The molecule has 1 unspecified atom stereocenters. The number of aliphatic hydroxyl groups is 2. The van der Waals surface area contributed by atoms with E-state index in [1.165, 1.54) is 0 Å². The Kier molecular flexibility index (Phi) is 4.89. The Morgan fingerprint density at radius 2 is 1.69 bits per heavy atom. The number of nitrogens with zero attached hydrogens (tertiary/aromatic N) is 1. The predicted molar refractivity (Wildman–Crippen MR) is 53.9 cm³/mol. The molecule has 0 spiro atoms. The van der Waals surface area contributed by atoms with Crippen LogP contribution in [0.25, 0.3) is 0 Å². The molecule has 0 aromatic carbocycles. The van der Waals surface area contributed by atoms with Gasteiger partial charge in [-0.3, -0.25) is 0 Å². The third kappa shape index (κ3) is 2.03. The molecule has 0 aliphatic rings. The molecule has 13 heavy (non-hydrogen) atoms. The van der Waals surface area contributed by atoms with E-state index in [-0.39, 0.29) is 13.2 Å². The minimum absolute atomic E-state index is 0.0225. The third-order valence-corrected chi connectivity index (χ3v) is 3.56. The van der Waals surface area contributed by atoms with Gasteiger partial charge in [0.2, 0.25) is 0 Å². The van der Waals surface area contributed by atoms with E-state index in [1.54, 1.807) is 0 Å². The normalized spacial score (nSPS) is 17.1. The van der Waals surface area contributed by atoms with Crippen molar-refractivity contribution in [2.75, 3.05) is 26.8 Å². The van der Waals surface area contributed by atoms with Crippen LogP contribution in [0.4, 0.5) is 0 Å². The molecule has 0 aromatic rings. The zero-order valence-corrected chi connectivity index (χ0v) is 9.25. The zero-order chi connectivity index (χ0) is 10.5. The second kappa shape index (κ2) is 4.94. The van der Waals surface area contributed by atoms with Crippen LogP contribution in [0.1, 0.15) is 27.2 Å². The minimum atomic E-state index is -0.427. The minimum Gasteiger partial charge on any atom is -0.449 e. The summed E-state index contributed by atoms with van der Waals surface area (Å²) in [4.78, 5) is 0. The van der Waals surface area contributed by atoms with Crippen molar-refractivity contribution < 1.29 is 14.7 Å². The van der Waals surface area contributed by atoms with E-state index in [2.05, 4.69) is 6.92 Å². The smallest absolute Gasteiger partial charge is 0.122 e. The highest BCUT2D eigenvalue weighted by atomic mass is 16.3. The maximum absolute atomic E-state index is 9.38. The van der Waals surface area contributed by atoms with Crippen molar-refractivity contribution >= 4 is 0 Å². The van der Waals surface area contributed by atoms with Crippen LogP contribution in [0.2, 0.25) is 0 Å². The van der Waals surface area contributed by atoms with Gasteiger partial charge in [0.05, 0.1) is 19.8 Å². The molecule has 0 saturated carbocycles. The number of quaternary nitrogens is 1. The van der Waals surface area contributed by atoms with Crippen molar-refractivity contribution in [2.45, 2.75) is 32.7 Å². The van der Waals surface area contributed by atoms with Gasteiger partial charge >= 0.3 is 0 Å². The van der Waals surface area contributed by atoms with Gasteiger partial charge in [0.15, 0.2) is 0 Å². The van der Waals surface area contributed by atoms with Crippen LogP contribution in [-0.2, 0) is 0 Å². The summed E-state index contributed by atoms with van der Waals surface area (Å²) in [5.41, 5.74) is -0.427. The van der Waals surface area contributed by atoms with Crippen molar-refractivity contribution in [2.24, 2.45) is 0 Å². The molecule has 0 aromatic heterocycles. The van der Waals surface area contributed by atoms with Crippen molar-refractivity contribution in [3.63, 3.8) is 0 Å². The number of rotatable bonds is 6. The first-order chi connectivity index (χ1) is 6.05. The van der Waals surface area contributed by atoms with E-state index in [0.717, 1.165) is 13.0 Å². The van der Waals surface area contributed by atoms with Gasteiger partial charge in [-0.15, -0.1) is 13.5 Å². The molecule has 0 bridgehead atoms. The zero-order valence-electron chi connectivity index (χ0n) is 9.25. The number of hydrogen-bond donors (Lipinski definition) is 2. The Bertz CT molecular complexity index is 132. The Morgan fingerprint density at radius 1 is 1.23 bits per heavy atom. The highest BCUT2D eigenvalue weighted by molar-refractivity contribution is 4.80. The highest BCUT2D eigenvalue weighted by Gasteiger charge is 2.39. The molecule has 80 valence electrons. The molecular formula is C10H23NO2. The fraction of sp³-hybridized carbons (Fsp3) is 0.900. The summed E-state index contributed by atoms with van der Waals surface area (Å²) >= 11 is 0. The Morgan fingerprint density at radius 3 is 1.77 bits per heavy atom. The average Bonchev–Trinajstić information content (AvgIpc) is 2.20. The first kappa shape index (κ1) is 12.9. The summed E-state index contributed by atoms with van der Waals surface area (Å²) in [7, 11) is 2.04. The van der Waals surface area contributed by atoms with Crippen LogP contribution in [0.15, 0.2) is 0 Å². The first-order valence-electron chi connectivity index (χ1n) is 4.93. The molecule has 3 nitrogen and oxygen atoms in total. The Labute approximate surface area is 81.6 Å². The largest absolute Gasteiger partial charge is 0.449 e. The fourth-order valence-electron chi connectivity index (χ4n) is 1.75. The summed E-state index contributed by atoms with van der Waals surface area (Å²) in [6.45, 7) is 9.00. The lowest BCUT2D eigenvalue weighted by molar-refractivity contribution is -0.932.